The molecular formula is C28H21BrN2O3S. The van der Waals surface area contributed by atoms with Crippen molar-refractivity contribution in [3.8, 4) is 0 Å². The molecule has 2 heterocycles. The Labute approximate surface area is 215 Å². The van der Waals surface area contributed by atoms with Crippen LogP contribution in [0.3, 0.4) is 0 Å². The number of hydrogen-bond acceptors (Lipinski definition) is 4. The summed E-state index contributed by atoms with van der Waals surface area (Å²) < 4.78 is 3.07. The number of carbonyl (C=O) groups is 3. The number of ketones is 1. The van der Waals surface area contributed by atoms with Gasteiger partial charge >= 0.3 is 0 Å². The van der Waals surface area contributed by atoms with E-state index in [1.54, 1.807) is 30.3 Å². The maximum absolute atomic E-state index is 13.1. The SMILES string of the molecule is Cc1c(/C=C2\SC(=O)N(CC(=O)c3ccc(Br)cc3)C2=O)c2ccccc2n1Cc1ccccc1. The standard InChI is InChI=1S/C28H21BrN2O3S/c1-18-23(22-9-5-6-10-24(22)30(18)16-19-7-3-2-4-8-19)15-26-27(33)31(28(34)35-26)17-25(32)20-11-13-21(29)14-12-20/h2-15H,16-17H2,1H3/b26-15-. The van der Waals surface area contributed by atoms with Crippen LogP contribution in [0.1, 0.15) is 27.2 Å². The summed E-state index contributed by atoms with van der Waals surface area (Å²) in [6.07, 6.45) is 1.79. The lowest BCUT2D eigenvalue weighted by Gasteiger charge is -2.11. The maximum Gasteiger partial charge on any atom is 0.293 e. The molecule has 5 rings (SSSR count). The number of para-hydroxylation sites is 1. The molecule has 2 amide bonds. The fraction of sp³-hybridized carbons (Fsp3) is 0.107. The summed E-state index contributed by atoms with van der Waals surface area (Å²) in [5, 5.41) is 0.580. The molecule has 0 aliphatic carbocycles. The first kappa shape index (κ1) is 23.3. The van der Waals surface area contributed by atoms with Gasteiger partial charge in [-0.1, -0.05) is 76.6 Å². The van der Waals surface area contributed by atoms with Crippen molar-refractivity contribution in [1.29, 1.82) is 0 Å². The highest BCUT2D eigenvalue weighted by Gasteiger charge is 2.36. The molecule has 1 aliphatic rings. The van der Waals surface area contributed by atoms with E-state index >= 15 is 0 Å². The van der Waals surface area contributed by atoms with E-state index in [2.05, 4.69) is 38.7 Å². The molecule has 0 saturated carbocycles. The minimum atomic E-state index is -0.440. The van der Waals surface area contributed by atoms with Crippen molar-refractivity contribution < 1.29 is 14.4 Å². The van der Waals surface area contributed by atoms with Gasteiger partial charge in [0, 0.05) is 38.7 Å². The fourth-order valence-electron chi connectivity index (χ4n) is 4.25. The highest BCUT2D eigenvalue weighted by atomic mass is 79.9. The van der Waals surface area contributed by atoms with Crippen LogP contribution in [-0.4, -0.2) is 32.9 Å². The lowest BCUT2D eigenvalue weighted by Crippen LogP contribution is -2.33. The third-order valence-corrected chi connectivity index (χ3v) is 7.52. The molecule has 0 atom stereocenters. The second-order valence-electron chi connectivity index (χ2n) is 8.29. The first-order valence-electron chi connectivity index (χ1n) is 11.1. The van der Waals surface area contributed by atoms with Gasteiger partial charge in [0.05, 0.1) is 11.4 Å². The quantitative estimate of drug-likeness (QED) is 0.200. The van der Waals surface area contributed by atoms with Crippen LogP contribution in [0.4, 0.5) is 4.79 Å². The fourth-order valence-corrected chi connectivity index (χ4v) is 5.33. The Bertz CT molecular complexity index is 1490. The summed E-state index contributed by atoms with van der Waals surface area (Å²) in [5.74, 6) is -0.721. The summed E-state index contributed by atoms with van der Waals surface area (Å²) in [6, 6.07) is 25.1. The molecule has 7 heteroatoms. The van der Waals surface area contributed by atoms with Gasteiger partial charge in [-0.25, -0.2) is 0 Å². The van der Waals surface area contributed by atoms with E-state index in [9.17, 15) is 14.4 Å². The van der Waals surface area contributed by atoms with Gasteiger partial charge in [-0.2, -0.15) is 0 Å². The zero-order valence-electron chi connectivity index (χ0n) is 18.9. The van der Waals surface area contributed by atoms with E-state index in [0.717, 1.165) is 43.3 Å². The number of rotatable bonds is 6. The number of carbonyl (C=O) groups excluding carboxylic acids is 3. The van der Waals surface area contributed by atoms with E-state index in [0.29, 0.717) is 17.0 Å². The smallest absolute Gasteiger partial charge is 0.293 e. The monoisotopic (exact) mass is 544 g/mol. The number of halogens is 1. The molecule has 0 spiro atoms. The third kappa shape index (κ3) is 4.61. The average molecular weight is 545 g/mol. The normalized spacial score (nSPS) is 14.9. The number of thioether (sulfide) groups is 1. The van der Waals surface area contributed by atoms with Gasteiger partial charge < -0.3 is 4.57 Å². The summed E-state index contributed by atoms with van der Waals surface area (Å²) in [6.45, 7) is 2.44. The van der Waals surface area contributed by atoms with E-state index in [1.165, 1.54) is 5.56 Å². The molecule has 1 fully saturated rings. The van der Waals surface area contributed by atoms with Crippen LogP contribution in [0.25, 0.3) is 17.0 Å². The van der Waals surface area contributed by atoms with Crippen molar-refractivity contribution in [1.82, 2.24) is 9.47 Å². The number of amides is 2. The molecule has 0 unspecified atom stereocenters. The van der Waals surface area contributed by atoms with Gasteiger partial charge in [-0.15, -0.1) is 0 Å². The number of nitrogens with zero attached hydrogens (tertiary/aromatic N) is 2. The van der Waals surface area contributed by atoms with Crippen molar-refractivity contribution in [2.75, 3.05) is 6.54 Å². The predicted molar refractivity (Wildman–Crippen MR) is 143 cm³/mol. The second-order valence-corrected chi connectivity index (χ2v) is 10.2. The zero-order chi connectivity index (χ0) is 24.5. The van der Waals surface area contributed by atoms with Crippen LogP contribution >= 0.6 is 27.7 Å². The average Bonchev–Trinajstić information content (AvgIpc) is 3.28. The van der Waals surface area contributed by atoms with Crippen LogP contribution in [0.15, 0.2) is 88.2 Å². The minimum Gasteiger partial charge on any atom is -0.340 e. The number of imide groups is 1. The van der Waals surface area contributed by atoms with Crippen molar-refractivity contribution in [2.45, 2.75) is 13.5 Å². The van der Waals surface area contributed by atoms with Crippen LogP contribution < -0.4 is 0 Å². The number of benzene rings is 3. The third-order valence-electron chi connectivity index (χ3n) is 6.08. The molecule has 0 bridgehead atoms. The molecule has 0 N–H and O–H groups in total. The molecule has 1 saturated heterocycles. The van der Waals surface area contributed by atoms with E-state index in [4.69, 9.17) is 0 Å². The van der Waals surface area contributed by atoms with Gasteiger partial charge in [-0.3, -0.25) is 19.3 Å². The van der Waals surface area contributed by atoms with Gasteiger partial charge in [-0.05, 0) is 48.5 Å². The van der Waals surface area contributed by atoms with Gasteiger partial charge in [0.15, 0.2) is 5.78 Å². The Morgan fingerprint density at radius 2 is 1.63 bits per heavy atom. The Kier molecular flexibility index (Phi) is 6.45. The van der Waals surface area contributed by atoms with Gasteiger partial charge in [0.1, 0.15) is 0 Å². The van der Waals surface area contributed by atoms with Crippen LogP contribution in [0, 0.1) is 6.92 Å². The molecule has 1 aromatic heterocycles. The Morgan fingerprint density at radius 3 is 2.37 bits per heavy atom. The number of fused-ring (bicyclic) bond motifs is 1. The minimum absolute atomic E-state index is 0.279. The van der Waals surface area contributed by atoms with Crippen molar-refractivity contribution in [3.63, 3.8) is 0 Å². The highest BCUT2D eigenvalue weighted by molar-refractivity contribution is 9.10. The maximum atomic E-state index is 13.1. The van der Waals surface area contributed by atoms with Crippen LogP contribution in [-0.2, 0) is 11.3 Å². The molecule has 35 heavy (non-hydrogen) atoms. The van der Waals surface area contributed by atoms with Crippen LogP contribution in [0.5, 0.6) is 0 Å². The van der Waals surface area contributed by atoms with Crippen molar-refractivity contribution in [3.05, 3.63) is 111 Å². The second kappa shape index (κ2) is 9.68. The summed E-state index contributed by atoms with van der Waals surface area (Å²) in [5.41, 5.74) is 4.60. The van der Waals surface area contributed by atoms with Gasteiger partial charge in [0.25, 0.3) is 11.1 Å². The van der Waals surface area contributed by atoms with Gasteiger partial charge in [0.2, 0.25) is 0 Å². The summed E-state index contributed by atoms with van der Waals surface area (Å²) >= 11 is 4.22. The molecule has 0 radical (unpaired) electrons. The number of aromatic nitrogens is 1. The molecule has 174 valence electrons. The van der Waals surface area contributed by atoms with E-state index < -0.39 is 11.1 Å². The molecule has 1 aliphatic heterocycles. The Balaban J connectivity index is 1.46. The first-order valence-corrected chi connectivity index (χ1v) is 12.7. The first-order chi connectivity index (χ1) is 16.9. The lowest BCUT2D eigenvalue weighted by molar-refractivity contribution is -0.122. The Morgan fingerprint density at radius 1 is 0.943 bits per heavy atom. The number of Topliss-reactive ketones (excluding diaryl/α,β-unsaturated/α-hetero) is 1. The topological polar surface area (TPSA) is 59.4 Å². The van der Waals surface area contributed by atoms with Crippen molar-refractivity contribution in [2.24, 2.45) is 0 Å². The highest BCUT2D eigenvalue weighted by Crippen LogP contribution is 2.36. The predicted octanol–water partition coefficient (Wildman–Crippen LogP) is 6.68. The molecular weight excluding hydrogens is 524 g/mol. The largest absolute Gasteiger partial charge is 0.340 e. The molecule has 3 aromatic carbocycles. The Hall–Kier alpha value is -3.42. The molecule has 5 nitrogen and oxygen atoms in total. The number of hydrogen-bond donors (Lipinski definition) is 0. The van der Waals surface area contributed by atoms with Crippen molar-refractivity contribution >= 4 is 61.6 Å². The molecule has 4 aromatic rings. The summed E-state index contributed by atoms with van der Waals surface area (Å²) in [4.78, 5) is 39.8. The van der Waals surface area contributed by atoms with E-state index in [-0.39, 0.29) is 12.3 Å². The van der Waals surface area contributed by atoms with E-state index in [1.807, 2.05) is 43.3 Å². The lowest BCUT2D eigenvalue weighted by atomic mass is 10.1. The van der Waals surface area contributed by atoms with Crippen LogP contribution in [0.2, 0.25) is 0 Å². The zero-order valence-corrected chi connectivity index (χ0v) is 21.3. The summed E-state index contributed by atoms with van der Waals surface area (Å²) in [7, 11) is 0.